The van der Waals surface area contributed by atoms with E-state index in [0.29, 0.717) is 33.8 Å². The van der Waals surface area contributed by atoms with E-state index in [1.807, 2.05) is 6.92 Å². The van der Waals surface area contributed by atoms with Gasteiger partial charge >= 0.3 is 0 Å². The third-order valence-electron chi connectivity index (χ3n) is 6.19. The number of hydrogen-bond acceptors (Lipinski definition) is 7. The molecule has 5 rings (SSSR count). The Labute approximate surface area is 188 Å². The fraction of sp³-hybridized carbons (Fsp3) is 0.435. The van der Waals surface area contributed by atoms with E-state index in [0.717, 1.165) is 37.7 Å². The molecule has 9 heteroatoms. The molecule has 1 unspecified atom stereocenters. The first-order valence-electron chi connectivity index (χ1n) is 11.0. The number of rotatable bonds is 5. The lowest BCUT2D eigenvalue weighted by atomic mass is 9.97. The summed E-state index contributed by atoms with van der Waals surface area (Å²) in [5.41, 5.74) is 1.79. The molecular weight excluding hydrogens is 428 g/mol. The summed E-state index contributed by atoms with van der Waals surface area (Å²) in [5, 5.41) is 8.97. The van der Waals surface area contributed by atoms with Gasteiger partial charge in [-0.1, -0.05) is 12.1 Å². The van der Waals surface area contributed by atoms with E-state index in [1.165, 1.54) is 20.9 Å². The number of fused-ring (bicyclic) bond motifs is 4. The van der Waals surface area contributed by atoms with Gasteiger partial charge in [0.2, 0.25) is 0 Å². The first kappa shape index (κ1) is 20.8. The molecule has 0 saturated carbocycles. The molecule has 0 fully saturated rings. The highest BCUT2D eigenvalue weighted by atomic mass is 32.1. The topological polar surface area (TPSA) is 94.4 Å². The Hall–Kier alpha value is -3.07. The molecule has 1 aliphatic heterocycles. The molecule has 0 saturated heterocycles. The van der Waals surface area contributed by atoms with Crippen molar-refractivity contribution in [1.82, 2.24) is 15.0 Å². The number of nitrogens with zero attached hydrogens (tertiary/aromatic N) is 4. The highest BCUT2D eigenvalue weighted by molar-refractivity contribution is 7.18. The van der Waals surface area contributed by atoms with Crippen molar-refractivity contribution in [1.29, 1.82) is 0 Å². The van der Waals surface area contributed by atoms with Crippen LogP contribution in [-0.2, 0) is 17.6 Å². The number of ketones is 1. The zero-order chi connectivity index (χ0) is 22.4. The number of Topliss-reactive ketones (excluding diaryl/α,β-unsaturated/α-hetero) is 1. The predicted octanol–water partition coefficient (Wildman–Crippen LogP) is 3.31. The summed E-state index contributed by atoms with van der Waals surface area (Å²) in [6, 6.07) is 4.22. The average Bonchev–Trinajstić information content (AvgIpc) is 3.19. The van der Waals surface area contributed by atoms with Gasteiger partial charge in [0.05, 0.1) is 11.1 Å². The van der Waals surface area contributed by atoms with Crippen molar-refractivity contribution < 1.29 is 14.3 Å². The highest BCUT2D eigenvalue weighted by Crippen LogP contribution is 2.35. The second-order valence-corrected chi connectivity index (χ2v) is 9.37. The Kier molecular flexibility index (Phi) is 5.28. The van der Waals surface area contributed by atoms with Crippen molar-refractivity contribution in [3.63, 3.8) is 0 Å². The summed E-state index contributed by atoms with van der Waals surface area (Å²) in [5.74, 6) is 0.180. The number of thiophene rings is 1. The molecule has 166 valence electrons. The smallest absolute Gasteiger partial charge is 0.279 e. The van der Waals surface area contributed by atoms with Crippen LogP contribution in [0, 0.1) is 0 Å². The van der Waals surface area contributed by atoms with Gasteiger partial charge in [-0.3, -0.25) is 14.4 Å². The Bertz CT molecular complexity index is 1300. The van der Waals surface area contributed by atoms with Gasteiger partial charge in [-0.25, -0.2) is 0 Å². The number of ether oxygens (including phenoxy) is 1. The van der Waals surface area contributed by atoms with E-state index in [1.54, 1.807) is 30.0 Å². The Morgan fingerprint density at radius 3 is 2.88 bits per heavy atom. The molecule has 1 amide bonds. The third-order valence-corrected chi connectivity index (χ3v) is 7.36. The van der Waals surface area contributed by atoms with Gasteiger partial charge in [0.15, 0.2) is 17.2 Å². The van der Waals surface area contributed by atoms with Crippen LogP contribution in [0.5, 0.6) is 5.75 Å². The molecule has 3 aromatic rings. The summed E-state index contributed by atoms with van der Waals surface area (Å²) >= 11 is 1.54. The largest absolute Gasteiger partial charge is 0.482 e. The minimum atomic E-state index is -0.823. The summed E-state index contributed by atoms with van der Waals surface area (Å²) < 4.78 is 6.72. The molecule has 3 heterocycles. The summed E-state index contributed by atoms with van der Waals surface area (Å²) in [7, 11) is 0. The lowest BCUT2D eigenvalue weighted by Crippen LogP contribution is -2.39. The second kappa shape index (κ2) is 8.12. The maximum Gasteiger partial charge on any atom is 0.279 e. The molecular formula is C23H24N4O4S. The van der Waals surface area contributed by atoms with Crippen molar-refractivity contribution in [2.75, 3.05) is 18.1 Å². The molecule has 0 radical (unpaired) electrons. The summed E-state index contributed by atoms with van der Waals surface area (Å²) in [4.78, 5) is 42.4. The van der Waals surface area contributed by atoms with Crippen LogP contribution in [0.4, 0.5) is 5.69 Å². The van der Waals surface area contributed by atoms with Gasteiger partial charge in [-0.05, 0) is 62.8 Å². The molecule has 8 nitrogen and oxygen atoms in total. The SMILES string of the molecule is CCCN1C(=O)COc2ccc(C(=O)C(C)n3nnc4sc5c(c4c3=O)CCCC5)cc21. The van der Waals surface area contributed by atoms with Crippen LogP contribution in [0.3, 0.4) is 0 Å². The van der Waals surface area contributed by atoms with Crippen LogP contribution in [-0.4, -0.2) is 39.8 Å². The highest BCUT2D eigenvalue weighted by Gasteiger charge is 2.29. The van der Waals surface area contributed by atoms with Crippen LogP contribution in [0.15, 0.2) is 23.0 Å². The van der Waals surface area contributed by atoms with Gasteiger partial charge < -0.3 is 9.64 Å². The first-order valence-corrected chi connectivity index (χ1v) is 11.8. The van der Waals surface area contributed by atoms with Gasteiger partial charge in [-0.15, -0.1) is 16.4 Å². The molecule has 0 N–H and O–H groups in total. The third kappa shape index (κ3) is 3.31. The lowest BCUT2D eigenvalue weighted by Gasteiger charge is -2.29. The lowest BCUT2D eigenvalue weighted by molar-refractivity contribution is -0.121. The standard InChI is InChI=1S/C23H24N4O4S/c1-3-10-26-16-11-14(8-9-17(16)31-12-19(26)28)21(29)13(2)27-23(30)20-15-6-4-5-7-18(15)32-22(20)24-25-27/h8-9,11,13H,3-7,10,12H2,1-2H3. The summed E-state index contributed by atoms with van der Waals surface area (Å²) in [6.45, 7) is 4.19. The van der Waals surface area contributed by atoms with Gasteiger partial charge in [-0.2, -0.15) is 4.68 Å². The molecule has 0 spiro atoms. The molecule has 1 aromatic carbocycles. The van der Waals surface area contributed by atoms with Crippen LogP contribution in [0.2, 0.25) is 0 Å². The number of anilines is 1. The number of amides is 1. The molecule has 2 aliphatic rings. The van der Waals surface area contributed by atoms with E-state index in [2.05, 4.69) is 10.3 Å². The Morgan fingerprint density at radius 2 is 2.06 bits per heavy atom. The van der Waals surface area contributed by atoms with Gasteiger partial charge in [0.25, 0.3) is 11.5 Å². The van der Waals surface area contributed by atoms with Crippen LogP contribution in [0.25, 0.3) is 10.2 Å². The maximum absolute atomic E-state index is 13.3. The van der Waals surface area contributed by atoms with E-state index >= 15 is 0 Å². The normalized spacial score (nSPS) is 16.4. The maximum atomic E-state index is 13.3. The molecule has 2 aromatic heterocycles. The van der Waals surface area contributed by atoms with Crippen LogP contribution < -0.4 is 15.2 Å². The molecule has 32 heavy (non-hydrogen) atoms. The Balaban J connectivity index is 1.52. The van der Waals surface area contributed by atoms with Crippen LogP contribution in [0.1, 0.15) is 60.0 Å². The van der Waals surface area contributed by atoms with Gasteiger partial charge in [0, 0.05) is 17.0 Å². The number of hydrogen-bond donors (Lipinski definition) is 0. The summed E-state index contributed by atoms with van der Waals surface area (Å²) in [6.07, 6.45) is 4.80. The van der Waals surface area contributed by atoms with Crippen molar-refractivity contribution in [3.8, 4) is 5.75 Å². The van der Waals surface area contributed by atoms with Crippen LogP contribution >= 0.6 is 11.3 Å². The van der Waals surface area contributed by atoms with Crippen molar-refractivity contribution >= 4 is 38.9 Å². The van der Waals surface area contributed by atoms with Crippen molar-refractivity contribution in [2.24, 2.45) is 0 Å². The zero-order valence-corrected chi connectivity index (χ0v) is 18.9. The Morgan fingerprint density at radius 1 is 1.25 bits per heavy atom. The zero-order valence-electron chi connectivity index (χ0n) is 18.1. The van der Waals surface area contributed by atoms with E-state index in [-0.39, 0.29) is 23.9 Å². The number of carbonyl (C=O) groups excluding carboxylic acids is 2. The number of aromatic nitrogens is 3. The second-order valence-electron chi connectivity index (χ2n) is 8.29. The molecule has 0 bridgehead atoms. The average molecular weight is 453 g/mol. The number of benzene rings is 1. The molecule has 1 aliphatic carbocycles. The predicted molar refractivity (Wildman–Crippen MR) is 122 cm³/mol. The quantitative estimate of drug-likeness (QED) is 0.551. The van der Waals surface area contributed by atoms with E-state index in [9.17, 15) is 14.4 Å². The minimum Gasteiger partial charge on any atom is -0.482 e. The minimum absolute atomic E-state index is 0.00729. The first-order chi connectivity index (χ1) is 15.5. The van der Waals surface area contributed by atoms with Gasteiger partial charge in [0.1, 0.15) is 11.8 Å². The fourth-order valence-electron chi connectivity index (χ4n) is 4.52. The monoisotopic (exact) mass is 452 g/mol. The van der Waals surface area contributed by atoms with Crippen molar-refractivity contribution in [2.45, 2.75) is 52.0 Å². The number of aryl methyl sites for hydroxylation is 2. The molecule has 1 atom stereocenters. The van der Waals surface area contributed by atoms with Crippen molar-refractivity contribution in [3.05, 3.63) is 44.6 Å². The fourth-order valence-corrected chi connectivity index (χ4v) is 5.71. The number of carbonyl (C=O) groups is 2. The van der Waals surface area contributed by atoms with E-state index < -0.39 is 6.04 Å². The van der Waals surface area contributed by atoms with E-state index in [4.69, 9.17) is 4.74 Å².